The number of hydrogen-bond acceptors (Lipinski definition) is 3. The van der Waals surface area contributed by atoms with Crippen LogP contribution >= 0.6 is 12.4 Å². The summed E-state index contributed by atoms with van der Waals surface area (Å²) in [5.41, 5.74) is 0.190. The molecule has 1 heterocycles. The van der Waals surface area contributed by atoms with Crippen LogP contribution in [-0.2, 0) is 4.79 Å². The third-order valence-corrected chi connectivity index (χ3v) is 2.95. The SMILES string of the molecule is CC(C)Oc1ccc(NC(=O)C2CCCN2)c(F)c1.Cl. The standard InChI is InChI=1S/C14H19FN2O2.ClH/c1-9(2)19-10-5-6-12(11(15)8-10)17-14(18)13-4-3-7-16-13;/h5-6,8-9,13,16H,3-4,7H2,1-2H3,(H,17,18);1H. The number of amides is 1. The average Bonchev–Trinajstić information content (AvgIpc) is 2.85. The lowest BCUT2D eigenvalue weighted by Crippen LogP contribution is -2.35. The molecule has 1 aliphatic rings. The second kappa shape index (κ2) is 7.45. The number of nitrogens with one attached hydrogen (secondary N) is 2. The predicted octanol–water partition coefficient (Wildman–Crippen LogP) is 2.73. The van der Waals surface area contributed by atoms with E-state index < -0.39 is 5.82 Å². The molecule has 2 rings (SSSR count). The minimum atomic E-state index is -0.482. The number of anilines is 1. The van der Waals surface area contributed by atoms with Gasteiger partial charge in [-0.2, -0.15) is 0 Å². The van der Waals surface area contributed by atoms with E-state index in [0.29, 0.717) is 5.75 Å². The van der Waals surface area contributed by atoms with E-state index in [1.54, 1.807) is 6.07 Å². The summed E-state index contributed by atoms with van der Waals surface area (Å²) in [6, 6.07) is 4.25. The quantitative estimate of drug-likeness (QED) is 0.899. The van der Waals surface area contributed by atoms with E-state index in [2.05, 4.69) is 10.6 Å². The molecule has 20 heavy (non-hydrogen) atoms. The topological polar surface area (TPSA) is 50.4 Å². The Labute approximate surface area is 124 Å². The molecule has 1 aliphatic heterocycles. The number of rotatable bonds is 4. The van der Waals surface area contributed by atoms with E-state index in [4.69, 9.17) is 4.74 Å². The zero-order chi connectivity index (χ0) is 13.8. The number of halogens is 2. The van der Waals surface area contributed by atoms with Crippen LogP contribution in [0.3, 0.4) is 0 Å². The molecule has 0 saturated carbocycles. The Morgan fingerprint density at radius 1 is 1.50 bits per heavy atom. The molecule has 2 N–H and O–H groups in total. The van der Waals surface area contributed by atoms with Crippen molar-refractivity contribution in [3.8, 4) is 5.75 Å². The van der Waals surface area contributed by atoms with Gasteiger partial charge in [0, 0.05) is 6.07 Å². The van der Waals surface area contributed by atoms with E-state index in [-0.39, 0.29) is 36.1 Å². The van der Waals surface area contributed by atoms with Crippen LogP contribution in [0.2, 0.25) is 0 Å². The molecule has 4 nitrogen and oxygen atoms in total. The van der Waals surface area contributed by atoms with E-state index in [1.807, 2.05) is 13.8 Å². The van der Waals surface area contributed by atoms with Gasteiger partial charge in [-0.3, -0.25) is 4.79 Å². The molecule has 1 atom stereocenters. The van der Waals surface area contributed by atoms with Gasteiger partial charge in [-0.15, -0.1) is 12.4 Å². The third kappa shape index (κ3) is 4.35. The summed E-state index contributed by atoms with van der Waals surface area (Å²) in [7, 11) is 0. The number of carbonyl (C=O) groups is 1. The zero-order valence-corrected chi connectivity index (χ0v) is 12.4. The lowest BCUT2D eigenvalue weighted by molar-refractivity contribution is -0.117. The zero-order valence-electron chi connectivity index (χ0n) is 11.6. The van der Waals surface area contributed by atoms with Gasteiger partial charge in [0.1, 0.15) is 11.6 Å². The molecule has 0 spiro atoms. The van der Waals surface area contributed by atoms with Crippen molar-refractivity contribution in [2.75, 3.05) is 11.9 Å². The van der Waals surface area contributed by atoms with Gasteiger partial charge in [0.15, 0.2) is 0 Å². The van der Waals surface area contributed by atoms with E-state index >= 15 is 0 Å². The van der Waals surface area contributed by atoms with Gasteiger partial charge in [0.25, 0.3) is 0 Å². The summed E-state index contributed by atoms with van der Waals surface area (Å²) in [5.74, 6) is -0.206. The minimum absolute atomic E-state index is 0. The molecule has 1 saturated heterocycles. The van der Waals surface area contributed by atoms with Gasteiger partial charge < -0.3 is 15.4 Å². The van der Waals surface area contributed by atoms with Crippen molar-refractivity contribution in [2.45, 2.75) is 38.8 Å². The molecule has 1 fully saturated rings. The van der Waals surface area contributed by atoms with Crippen LogP contribution in [0.5, 0.6) is 5.75 Å². The summed E-state index contributed by atoms with van der Waals surface area (Å²) < 4.78 is 19.2. The van der Waals surface area contributed by atoms with Gasteiger partial charge in [0.05, 0.1) is 17.8 Å². The Kier molecular flexibility index (Phi) is 6.23. The summed E-state index contributed by atoms with van der Waals surface area (Å²) >= 11 is 0. The van der Waals surface area contributed by atoms with Crippen molar-refractivity contribution < 1.29 is 13.9 Å². The molecule has 6 heteroatoms. The normalized spacial score (nSPS) is 17.7. The van der Waals surface area contributed by atoms with Crippen molar-refractivity contribution in [1.29, 1.82) is 0 Å². The molecule has 0 aliphatic carbocycles. The Balaban J connectivity index is 0.00000200. The first-order valence-electron chi connectivity index (χ1n) is 6.56. The van der Waals surface area contributed by atoms with Crippen molar-refractivity contribution >= 4 is 24.0 Å². The van der Waals surface area contributed by atoms with Crippen molar-refractivity contribution in [2.24, 2.45) is 0 Å². The van der Waals surface area contributed by atoms with Crippen LogP contribution in [0.1, 0.15) is 26.7 Å². The van der Waals surface area contributed by atoms with E-state index in [9.17, 15) is 9.18 Å². The second-order valence-corrected chi connectivity index (χ2v) is 4.95. The van der Waals surface area contributed by atoms with Crippen LogP contribution in [0.25, 0.3) is 0 Å². The average molecular weight is 303 g/mol. The summed E-state index contributed by atoms with van der Waals surface area (Å²) in [6.45, 7) is 4.58. The Hall–Kier alpha value is -1.33. The minimum Gasteiger partial charge on any atom is -0.491 e. The smallest absolute Gasteiger partial charge is 0.241 e. The molecule has 0 radical (unpaired) electrons. The number of benzene rings is 1. The summed E-state index contributed by atoms with van der Waals surface area (Å²) in [4.78, 5) is 11.9. The molecule has 1 unspecified atom stereocenters. The van der Waals surface area contributed by atoms with Crippen LogP contribution in [0.4, 0.5) is 10.1 Å². The first-order chi connectivity index (χ1) is 9.06. The first-order valence-corrected chi connectivity index (χ1v) is 6.56. The molecule has 0 aromatic heterocycles. The highest BCUT2D eigenvalue weighted by molar-refractivity contribution is 5.95. The Morgan fingerprint density at radius 3 is 2.80 bits per heavy atom. The number of hydrogen-bond donors (Lipinski definition) is 2. The van der Waals surface area contributed by atoms with Crippen molar-refractivity contribution in [3.05, 3.63) is 24.0 Å². The van der Waals surface area contributed by atoms with Gasteiger partial charge in [0.2, 0.25) is 5.91 Å². The fourth-order valence-electron chi connectivity index (χ4n) is 2.07. The lowest BCUT2D eigenvalue weighted by atomic mass is 10.2. The fourth-order valence-corrected chi connectivity index (χ4v) is 2.07. The summed E-state index contributed by atoms with van der Waals surface area (Å²) in [5, 5.41) is 5.68. The predicted molar refractivity (Wildman–Crippen MR) is 79.1 cm³/mol. The van der Waals surface area contributed by atoms with Gasteiger partial charge in [-0.05, 0) is 45.4 Å². The van der Waals surface area contributed by atoms with Crippen LogP contribution < -0.4 is 15.4 Å². The molecular weight excluding hydrogens is 283 g/mol. The molecular formula is C14H20ClFN2O2. The molecule has 112 valence electrons. The van der Waals surface area contributed by atoms with Crippen LogP contribution in [-0.4, -0.2) is 24.6 Å². The molecule has 0 bridgehead atoms. The maximum absolute atomic E-state index is 13.8. The lowest BCUT2D eigenvalue weighted by Gasteiger charge is -2.13. The maximum atomic E-state index is 13.8. The number of ether oxygens (including phenoxy) is 1. The Morgan fingerprint density at radius 2 is 2.25 bits per heavy atom. The van der Waals surface area contributed by atoms with Gasteiger partial charge >= 0.3 is 0 Å². The largest absolute Gasteiger partial charge is 0.491 e. The third-order valence-electron chi connectivity index (χ3n) is 2.95. The van der Waals surface area contributed by atoms with E-state index in [1.165, 1.54) is 12.1 Å². The fraction of sp³-hybridized carbons (Fsp3) is 0.500. The van der Waals surface area contributed by atoms with Crippen molar-refractivity contribution in [1.82, 2.24) is 5.32 Å². The van der Waals surface area contributed by atoms with E-state index in [0.717, 1.165) is 19.4 Å². The van der Waals surface area contributed by atoms with Gasteiger partial charge in [-0.1, -0.05) is 0 Å². The molecule has 1 aromatic rings. The maximum Gasteiger partial charge on any atom is 0.241 e. The molecule has 1 amide bonds. The van der Waals surface area contributed by atoms with Crippen LogP contribution in [0, 0.1) is 5.82 Å². The monoisotopic (exact) mass is 302 g/mol. The molecule has 1 aromatic carbocycles. The first kappa shape index (κ1) is 16.7. The van der Waals surface area contributed by atoms with Crippen molar-refractivity contribution in [3.63, 3.8) is 0 Å². The van der Waals surface area contributed by atoms with Crippen LogP contribution in [0.15, 0.2) is 18.2 Å². The Bertz CT molecular complexity index is 462. The highest BCUT2D eigenvalue weighted by atomic mass is 35.5. The van der Waals surface area contributed by atoms with Gasteiger partial charge in [-0.25, -0.2) is 4.39 Å². The highest BCUT2D eigenvalue weighted by Gasteiger charge is 2.22. The number of carbonyl (C=O) groups excluding carboxylic acids is 1. The second-order valence-electron chi connectivity index (χ2n) is 4.95. The highest BCUT2D eigenvalue weighted by Crippen LogP contribution is 2.22. The summed E-state index contributed by atoms with van der Waals surface area (Å²) in [6.07, 6.45) is 1.76.